The first-order chi connectivity index (χ1) is 11.6. The number of rotatable bonds is 1. The summed E-state index contributed by atoms with van der Waals surface area (Å²) in [6.07, 6.45) is 3.29. The van der Waals surface area contributed by atoms with Crippen molar-refractivity contribution in [3.8, 4) is 17.0 Å². The zero-order chi connectivity index (χ0) is 16.7. The van der Waals surface area contributed by atoms with Crippen LogP contribution in [-0.2, 0) is 6.54 Å². The number of fused-ring (bicyclic) bond motifs is 3. The molecule has 0 saturated carbocycles. The van der Waals surface area contributed by atoms with Crippen molar-refractivity contribution in [2.75, 3.05) is 0 Å². The van der Waals surface area contributed by atoms with Gasteiger partial charge in [0.1, 0.15) is 12.1 Å². The summed E-state index contributed by atoms with van der Waals surface area (Å²) in [7, 11) is 0. The molecule has 1 aromatic heterocycles. The van der Waals surface area contributed by atoms with Gasteiger partial charge in [0.25, 0.3) is 0 Å². The van der Waals surface area contributed by atoms with Crippen LogP contribution in [0.25, 0.3) is 11.3 Å². The molecular weight excluding hydrogens is 345 g/mol. The summed E-state index contributed by atoms with van der Waals surface area (Å²) in [4.78, 5) is 13.2. The molecule has 0 unspecified atom stereocenters. The molecule has 0 atom stereocenters. The van der Waals surface area contributed by atoms with Crippen molar-refractivity contribution in [1.82, 2.24) is 9.97 Å². The third-order valence-electron chi connectivity index (χ3n) is 3.90. The Bertz CT molecular complexity index is 986. The van der Waals surface area contributed by atoms with Crippen molar-refractivity contribution < 1.29 is 5.11 Å². The Morgan fingerprint density at radius 1 is 0.958 bits per heavy atom. The summed E-state index contributed by atoms with van der Waals surface area (Å²) in [6, 6.07) is 10.5. The van der Waals surface area contributed by atoms with Crippen LogP contribution >= 0.6 is 23.2 Å². The fourth-order valence-corrected chi connectivity index (χ4v) is 3.25. The number of hydrogen-bond donors (Lipinski definition) is 1. The predicted molar refractivity (Wildman–Crippen MR) is 94.9 cm³/mol. The van der Waals surface area contributed by atoms with E-state index in [1.54, 1.807) is 18.3 Å². The van der Waals surface area contributed by atoms with Crippen molar-refractivity contribution in [2.45, 2.75) is 6.54 Å². The fraction of sp³-hybridized carbons (Fsp3) is 0.0556. The average Bonchev–Trinajstić information content (AvgIpc) is 2.72. The highest BCUT2D eigenvalue weighted by molar-refractivity contribution is 6.36. The lowest BCUT2D eigenvalue weighted by molar-refractivity contribution is 0.475. The maximum atomic E-state index is 9.61. The Morgan fingerprint density at radius 2 is 1.79 bits per heavy atom. The van der Waals surface area contributed by atoms with Crippen molar-refractivity contribution in [1.29, 1.82) is 0 Å². The lowest BCUT2D eigenvalue weighted by Gasteiger charge is -2.12. The monoisotopic (exact) mass is 355 g/mol. The van der Waals surface area contributed by atoms with E-state index in [2.05, 4.69) is 9.97 Å². The quantitative estimate of drug-likeness (QED) is 0.698. The summed E-state index contributed by atoms with van der Waals surface area (Å²) in [6.45, 7) is 0.439. The second kappa shape index (κ2) is 5.89. The second-order valence-electron chi connectivity index (χ2n) is 5.42. The van der Waals surface area contributed by atoms with Crippen LogP contribution in [0.3, 0.4) is 0 Å². The summed E-state index contributed by atoms with van der Waals surface area (Å²) in [5, 5.41) is 10.6. The van der Waals surface area contributed by atoms with Crippen molar-refractivity contribution in [2.24, 2.45) is 4.99 Å². The number of phenols is 1. The zero-order valence-electron chi connectivity index (χ0n) is 12.4. The third-order valence-corrected chi connectivity index (χ3v) is 4.44. The Hall–Kier alpha value is -2.43. The smallest absolute Gasteiger partial charge is 0.117 e. The summed E-state index contributed by atoms with van der Waals surface area (Å²) in [5.74, 6) is 0.110. The number of benzene rings is 2. The maximum absolute atomic E-state index is 9.61. The molecule has 4 rings (SSSR count). The van der Waals surface area contributed by atoms with Gasteiger partial charge in [-0.2, -0.15) is 0 Å². The molecule has 118 valence electrons. The van der Waals surface area contributed by atoms with Gasteiger partial charge in [0.2, 0.25) is 0 Å². The molecule has 0 fully saturated rings. The minimum Gasteiger partial charge on any atom is -0.508 e. The van der Waals surface area contributed by atoms with Crippen LogP contribution in [-0.4, -0.2) is 20.8 Å². The van der Waals surface area contributed by atoms with E-state index in [1.165, 1.54) is 12.4 Å². The van der Waals surface area contributed by atoms with Crippen LogP contribution in [0, 0.1) is 0 Å². The summed E-state index contributed by atoms with van der Waals surface area (Å²) < 4.78 is 0. The largest absolute Gasteiger partial charge is 0.508 e. The van der Waals surface area contributed by atoms with E-state index in [0.29, 0.717) is 16.6 Å². The number of aromatic hydroxyl groups is 1. The van der Waals surface area contributed by atoms with Crippen molar-refractivity contribution >= 4 is 28.9 Å². The normalized spacial score (nSPS) is 12.8. The minimum absolute atomic E-state index is 0.110. The molecule has 0 amide bonds. The van der Waals surface area contributed by atoms with E-state index in [-0.39, 0.29) is 5.75 Å². The summed E-state index contributed by atoms with van der Waals surface area (Å²) >= 11 is 12.5. The third kappa shape index (κ3) is 2.54. The van der Waals surface area contributed by atoms with Gasteiger partial charge in [-0.15, -0.1) is 0 Å². The van der Waals surface area contributed by atoms with E-state index in [4.69, 9.17) is 28.2 Å². The molecule has 0 aliphatic carbocycles. The van der Waals surface area contributed by atoms with E-state index in [0.717, 1.165) is 33.7 Å². The van der Waals surface area contributed by atoms with Crippen molar-refractivity contribution in [3.05, 3.63) is 75.7 Å². The number of hydrogen-bond acceptors (Lipinski definition) is 4. The first-order valence-electron chi connectivity index (χ1n) is 7.26. The molecule has 0 radical (unpaired) electrons. The Morgan fingerprint density at radius 3 is 2.62 bits per heavy atom. The van der Waals surface area contributed by atoms with Gasteiger partial charge in [0.15, 0.2) is 0 Å². The Balaban J connectivity index is 2.00. The van der Waals surface area contributed by atoms with Gasteiger partial charge in [-0.3, -0.25) is 4.99 Å². The van der Waals surface area contributed by atoms with Crippen LogP contribution in [0.2, 0.25) is 10.0 Å². The number of halogens is 2. The van der Waals surface area contributed by atoms with Crippen LogP contribution < -0.4 is 0 Å². The fourth-order valence-electron chi connectivity index (χ4n) is 2.81. The van der Waals surface area contributed by atoms with E-state index < -0.39 is 0 Å². The van der Waals surface area contributed by atoms with Crippen LogP contribution in [0.4, 0.5) is 0 Å². The molecule has 2 heterocycles. The molecule has 0 bridgehead atoms. The topological polar surface area (TPSA) is 58.4 Å². The predicted octanol–water partition coefficient (Wildman–Crippen LogP) is 4.51. The summed E-state index contributed by atoms with van der Waals surface area (Å²) in [5.41, 5.74) is 5.01. The van der Waals surface area contributed by atoms with Gasteiger partial charge < -0.3 is 5.11 Å². The molecule has 1 aliphatic heterocycles. The number of aliphatic imine (C=N–C) groups is 1. The molecule has 1 aliphatic rings. The van der Waals surface area contributed by atoms with E-state index in [9.17, 15) is 5.11 Å². The number of phenolic OH excluding ortho intramolecular Hbond substituents is 1. The molecular formula is C18H11Cl2N3O. The molecule has 0 spiro atoms. The lowest BCUT2D eigenvalue weighted by Crippen LogP contribution is -2.05. The molecule has 1 N–H and O–H groups in total. The molecule has 4 nitrogen and oxygen atoms in total. The highest BCUT2D eigenvalue weighted by Crippen LogP contribution is 2.34. The molecule has 3 aromatic rings. The SMILES string of the molecule is Oc1ccc(C2=NCc3cncnc3-c3ccc(Cl)cc32)c(Cl)c1. The highest BCUT2D eigenvalue weighted by atomic mass is 35.5. The Kier molecular flexibility index (Phi) is 3.71. The van der Waals surface area contributed by atoms with Gasteiger partial charge in [0.05, 0.1) is 23.0 Å². The molecule has 0 saturated heterocycles. The van der Waals surface area contributed by atoms with Gasteiger partial charge in [-0.05, 0) is 30.3 Å². The Labute approximate surface area is 148 Å². The molecule has 6 heteroatoms. The molecule has 2 aromatic carbocycles. The molecule has 24 heavy (non-hydrogen) atoms. The number of nitrogens with zero attached hydrogens (tertiary/aromatic N) is 3. The van der Waals surface area contributed by atoms with Crippen LogP contribution in [0.1, 0.15) is 16.7 Å². The van der Waals surface area contributed by atoms with E-state index in [1.807, 2.05) is 18.2 Å². The maximum Gasteiger partial charge on any atom is 0.117 e. The van der Waals surface area contributed by atoms with Gasteiger partial charge in [-0.25, -0.2) is 9.97 Å². The minimum atomic E-state index is 0.110. The van der Waals surface area contributed by atoms with Crippen LogP contribution in [0.15, 0.2) is 53.9 Å². The van der Waals surface area contributed by atoms with Gasteiger partial charge >= 0.3 is 0 Å². The standard InChI is InChI=1S/C18H11Cl2N3O/c19-11-1-3-13-15(5-11)18(14-4-2-12(24)6-16(14)20)22-8-10-7-21-9-23-17(10)13/h1-7,9,24H,8H2. The van der Waals surface area contributed by atoms with Crippen molar-refractivity contribution in [3.63, 3.8) is 0 Å². The first kappa shape index (κ1) is 15.1. The first-order valence-corrected chi connectivity index (χ1v) is 8.01. The number of aromatic nitrogens is 2. The van der Waals surface area contributed by atoms with Gasteiger partial charge in [-0.1, -0.05) is 29.3 Å². The highest BCUT2D eigenvalue weighted by Gasteiger charge is 2.21. The lowest BCUT2D eigenvalue weighted by atomic mass is 9.95. The van der Waals surface area contributed by atoms with Gasteiger partial charge in [0, 0.05) is 33.5 Å². The average molecular weight is 356 g/mol. The second-order valence-corrected chi connectivity index (χ2v) is 6.26. The van der Waals surface area contributed by atoms with E-state index >= 15 is 0 Å². The zero-order valence-corrected chi connectivity index (χ0v) is 13.9. The van der Waals surface area contributed by atoms with Crippen LogP contribution in [0.5, 0.6) is 5.75 Å².